The minimum Gasteiger partial charge on any atom is -0.383 e. The molecule has 1 amide bonds. The van der Waals surface area contributed by atoms with Gasteiger partial charge in [-0.25, -0.2) is 18.4 Å². The number of likely N-dealkylation sites (tertiary alicyclic amines) is 1. The van der Waals surface area contributed by atoms with E-state index < -0.39 is 10.0 Å². The van der Waals surface area contributed by atoms with Gasteiger partial charge in [0.25, 0.3) is 0 Å². The predicted molar refractivity (Wildman–Crippen MR) is 112 cm³/mol. The zero-order valence-corrected chi connectivity index (χ0v) is 18.2. The molecule has 1 aliphatic heterocycles. The third-order valence-electron chi connectivity index (χ3n) is 5.06. The van der Waals surface area contributed by atoms with Crippen LogP contribution in [0.1, 0.15) is 23.9 Å². The van der Waals surface area contributed by atoms with E-state index in [2.05, 4.69) is 15.3 Å². The summed E-state index contributed by atoms with van der Waals surface area (Å²) in [6.07, 6.45) is 0.363. The van der Waals surface area contributed by atoms with Crippen LogP contribution in [0, 0.1) is 0 Å². The Hall–Kier alpha value is -2.56. The number of hydrogen-bond donors (Lipinski definition) is 1. The van der Waals surface area contributed by atoms with Crippen LogP contribution in [0.2, 0.25) is 0 Å². The van der Waals surface area contributed by atoms with Crippen molar-refractivity contribution in [1.29, 1.82) is 0 Å². The number of anilines is 1. The van der Waals surface area contributed by atoms with Gasteiger partial charge in [0.15, 0.2) is 0 Å². The maximum atomic E-state index is 12.8. The first-order chi connectivity index (χ1) is 14.3. The van der Waals surface area contributed by atoms with Crippen molar-refractivity contribution in [3.63, 3.8) is 0 Å². The number of amides is 1. The largest absolute Gasteiger partial charge is 0.383 e. The van der Waals surface area contributed by atoms with E-state index in [4.69, 9.17) is 4.74 Å². The van der Waals surface area contributed by atoms with E-state index in [0.29, 0.717) is 37.8 Å². The van der Waals surface area contributed by atoms with Gasteiger partial charge in [-0.15, -0.1) is 0 Å². The van der Waals surface area contributed by atoms with E-state index in [0.717, 1.165) is 5.69 Å². The molecule has 30 heavy (non-hydrogen) atoms. The molecule has 1 atom stereocenters. The molecule has 1 unspecified atom stereocenters. The summed E-state index contributed by atoms with van der Waals surface area (Å²) < 4.78 is 31.9. The molecular formula is C20H27N5O4S. The first-order valence-electron chi connectivity index (χ1n) is 9.69. The van der Waals surface area contributed by atoms with Gasteiger partial charge in [-0.2, -0.15) is 4.31 Å². The minimum absolute atomic E-state index is 0.0216. The van der Waals surface area contributed by atoms with Crippen molar-refractivity contribution >= 4 is 21.7 Å². The second kappa shape index (κ2) is 9.50. The Balaban J connectivity index is 1.81. The molecule has 1 N–H and O–H groups in total. The summed E-state index contributed by atoms with van der Waals surface area (Å²) in [6, 6.07) is 10.1. The molecule has 0 bridgehead atoms. The van der Waals surface area contributed by atoms with E-state index in [1.54, 1.807) is 49.4 Å². The smallest absolute Gasteiger partial charge is 0.243 e. The molecule has 1 fully saturated rings. The van der Waals surface area contributed by atoms with Crippen LogP contribution >= 0.6 is 0 Å². The van der Waals surface area contributed by atoms with Gasteiger partial charge in [0.05, 0.1) is 23.7 Å². The van der Waals surface area contributed by atoms with Crippen LogP contribution in [0.3, 0.4) is 0 Å². The van der Waals surface area contributed by atoms with E-state index in [9.17, 15) is 13.2 Å². The molecule has 1 aliphatic rings. The highest BCUT2D eigenvalue weighted by Crippen LogP contribution is 2.28. The molecule has 9 nitrogen and oxygen atoms in total. The summed E-state index contributed by atoms with van der Waals surface area (Å²) in [5, 5.41) is 2.99. The van der Waals surface area contributed by atoms with Crippen molar-refractivity contribution in [3.05, 3.63) is 47.9 Å². The molecule has 0 radical (unpaired) electrons. The van der Waals surface area contributed by atoms with Crippen LogP contribution in [0.5, 0.6) is 0 Å². The van der Waals surface area contributed by atoms with E-state index in [-0.39, 0.29) is 23.3 Å². The first-order valence-corrected chi connectivity index (χ1v) is 11.1. The summed E-state index contributed by atoms with van der Waals surface area (Å²) in [6.45, 7) is 1.60. The first kappa shape index (κ1) is 22.1. The molecule has 10 heteroatoms. The number of carbonyl (C=O) groups is 1. The van der Waals surface area contributed by atoms with Crippen molar-refractivity contribution in [2.24, 2.45) is 0 Å². The van der Waals surface area contributed by atoms with Gasteiger partial charge in [-0.05, 0) is 12.1 Å². The van der Waals surface area contributed by atoms with Crippen LogP contribution in [0.25, 0.3) is 0 Å². The molecule has 2 aromatic rings. The minimum atomic E-state index is -3.66. The van der Waals surface area contributed by atoms with Gasteiger partial charge in [-0.3, -0.25) is 4.79 Å². The molecule has 0 spiro atoms. The number of methoxy groups -OCH3 is 1. The summed E-state index contributed by atoms with van der Waals surface area (Å²) in [7, 11) is 1.19. The molecule has 2 heterocycles. The van der Waals surface area contributed by atoms with Gasteiger partial charge < -0.3 is 15.0 Å². The number of hydrogen-bond acceptors (Lipinski definition) is 7. The van der Waals surface area contributed by atoms with Crippen LogP contribution in [-0.2, 0) is 26.1 Å². The van der Waals surface area contributed by atoms with Gasteiger partial charge in [0.2, 0.25) is 15.9 Å². The quantitative estimate of drug-likeness (QED) is 0.635. The topological polar surface area (TPSA) is 105 Å². The lowest BCUT2D eigenvalue weighted by molar-refractivity contribution is -0.128. The van der Waals surface area contributed by atoms with Gasteiger partial charge in [0, 0.05) is 52.7 Å². The zero-order valence-electron chi connectivity index (χ0n) is 17.4. The molecule has 162 valence electrons. The Labute approximate surface area is 177 Å². The average Bonchev–Trinajstić information content (AvgIpc) is 3.13. The molecule has 0 saturated carbocycles. The maximum Gasteiger partial charge on any atom is 0.243 e. The SMILES string of the molecule is CNc1cc(C2CC(=O)N(CCOC)C2)nc(CN(C)S(=O)(=O)c2ccccc2)n1. The lowest BCUT2D eigenvalue weighted by atomic mass is 10.0. The molecule has 3 rings (SSSR count). The summed E-state index contributed by atoms with van der Waals surface area (Å²) in [5.74, 6) is 0.955. The fourth-order valence-corrected chi connectivity index (χ4v) is 4.52. The number of nitrogens with one attached hydrogen (secondary N) is 1. The lowest BCUT2D eigenvalue weighted by Gasteiger charge is -2.19. The fourth-order valence-electron chi connectivity index (χ4n) is 3.37. The maximum absolute atomic E-state index is 12.8. The van der Waals surface area contributed by atoms with E-state index >= 15 is 0 Å². The molecule has 1 aromatic carbocycles. The Kier molecular flexibility index (Phi) is 7.01. The van der Waals surface area contributed by atoms with Crippen LogP contribution in [0.15, 0.2) is 41.3 Å². The average molecular weight is 434 g/mol. The number of nitrogens with zero attached hydrogens (tertiary/aromatic N) is 4. The third-order valence-corrected chi connectivity index (χ3v) is 6.88. The third kappa shape index (κ3) is 4.94. The standard InChI is InChI=1S/C20H27N5O4S/c1-21-18-12-17(15-11-20(26)25(13-15)9-10-29-3)22-19(23-18)14-24(2)30(27,28)16-7-5-4-6-8-16/h4-8,12,15H,9-11,13-14H2,1-3H3,(H,21,22,23). The summed E-state index contributed by atoms with van der Waals surface area (Å²) in [4.78, 5) is 23.3. The van der Waals surface area contributed by atoms with E-state index in [1.807, 2.05) is 6.07 Å². The van der Waals surface area contributed by atoms with Gasteiger partial charge in [-0.1, -0.05) is 18.2 Å². The monoisotopic (exact) mass is 433 g/mol. The number of aromatic nitrogens is 2. The Morgan fingerprint density at radius 2 is 2.00 bits per heavy atom. The summed E-state index contributed by atoms with van der Waals surface area (Å²) in [5.41, 5.74) is 0.725. The van der Waals surface area contributed by atoms with Crippen molar-refractivity contribution in [3.8, 4) is 0 Å². The van der Waals surface area contributed by atoms with Crippen molar-refractivity contribution < 1.29 is 17.9 Å². The number of benzene rings is 1. The zero-order chi connectivity index (χ0) is 21.7. The van der Waals surface area contributed by atoms with Crippen molar-refractivity contribution in [2.45, 2.75) is 23.8 Å². The van der Waals surface area contributed by atoms with Crippen LogP contribution in [-0.4, -0.2) is 74.4 Å². The van der Waals surface area contributed by atoms with Crippen LogP contribution < -0.4 is 5.32 Å². The number of carbonyl (C=O) groups excluding carboxylic acids is 1. The van der Waals surface area contributed by atoms with Gasteiger partial charge >= 0.3 is 0 Å². The second-order valence-electron chi connectivity index (χ2n) is 7.15. The Morgan fingerprint density at radius 3 is 2.67 bits per heavy atom. The highest BCUT2D eigenvalue weighted by Gasteiger charge is 2.32. The number of ether oxygens (including phenoxy) is 1. The number of sulfonamides is 1. The molecule has 1 saturated heterocycles. The lowest BCUT2D eigenvalue weighted by Crippen LogP contribution is -2.29. The molecule has 1 aromatic heterocycles. The molecular weight excluding hydrogens is 406 g/mol. The van der Waals surface area contributed by atoms with Crippen molar-refractivity contribution in [1.82, 2.24) is 19.2 Å². The second-order valence-corrected chi connectivity index (χ2v) is 9.20. The Morgan fingerprint density at radius 1 is 1.27 bits per heavy atom. The predicted octanol–water partition coefficient (Wildman–Crippen LogP) is 1.30. The van der Waals surface area contributed by atoms with E-state index in [1.165, 1.54) is 11.4 Å². The highest BCUT2D eigenvalue weighted by molar-refractivity contribution is 7.89. The highest BCUT2D eigenvalue weighted by atomic mass is 32.2. The summed E-state index contributed by atoms with van der Waals surface area (Å²) >= 11 is 0. The Bertz CT molecular complexity index is 984. The van der Waals surface area contributed by atoms with Gasteiger partial charge in [0.1, 0.15) is 11.6 Å². The molecule has 0 aliphatic carbocycles. The van der Waals surface area contributed by atoms with Crippen LogP contribution in [0.4, 0.5) is 5.82 Å². The number of rotatable bonds is 9. The normalized spacial score (nSPS) is 17.0. The van der Waals surface area contributed by atoms with Crippen molar-refractivity contribution in [2.75, 3.05) is 46.2 Å². The fraction of sp³-hybridized carbons (Fsp3) is 0.450.